The molecule has 22 heteroatoms. The number of alkyl halides is 9. The Balaban J connectivity index is 2.45. The van der Waals surface area contributed by atoms with E-state index in [2.05, 4.69) is 0 Å². The molecule has 0 bridgehead atoms. The first-order valence-electron chi connectivity index (χ1n) is 13.2. The number of hydrogen-bond donors (Lipinski definition) is 0. The van der Waals surface area contributed by atoms with Crippen molar-refractivity contribution in [3.8, 4) is 30.3 Å². The summed E-state index contributed by atoms with van der Waals surface area (Å²) >= 11 is 0. The number of halogens is 17. The van der Waals surface area contributed by atoms with E-state index in [-0.39, 0.29) is 12.1 Å². The van der Waals surface area contributed by atoms with Gasteiger partial charge in [0, 0.05) is 22.3 Å². The summed E-state index contributed by atoms with van der Waals surface area (Å²) in [5.41, 5.74) is -30.6. The zero-order chi connectivity index (χ0) is 41.2. The van der Waals surface area contributed by atoms with Crippen LogP contribution in [0.15, 0.2) is 28.9 Å². The molecule has 0 N–H and O–H groups in total. The van der Waals surface area contributed by atoms with Gasteiger partial charge in [-0.1, -0.05) is 0 Å². The Morgan fingerprint density at radius 2 is 0.722 bits per heavy atom. The van der Waals surface area contributed by atoms with Crippen molar-refractivity contribution in [3.63, 3.8) is 0 Å². The highest BCUT2D eigenvalue weighted by molar-refractivity contribution is 6.12. The Morgan fingerprint density at radius 1 is 0.407 bits per heavy atom. The van der Waals surface area contributed by atoms with Gasteiger partial charge in [0.15, 0.2) is 46.5 Å². The Labute approximate surface area is 286 Å². The molecule has 0 aromatic heterocycles. The van der Waals surface area contributed by atoms with Crippen molar-refractivity contribution >= 4 is 16.7 Å². The minimum Gasteiger partial charge on any atom is -0.203 e. The summed E-state index contributed by atoms with van der Waals surface area (Å²) in [6.07, 6.45) is -18.2. The first-order valence-corrected chi connectivity index (χ1v) is 13.2. The zero-order valence-corrected chi connectivity index (χ0v) is 24.8. The van der Waals surface area contributed by atoms with Gasteiger partial charge in [0.25, 0.3) is 0 Å². The van der Waals surface area contributed by atoms with Crippen molar-refractivity contribution in [3.05, 3.63) is 120 Å². The van der Waals surface area contributed by atoms with Crippen LogP contribution in [0.2, 0.25) is 0 Å². The van der Waals surface area contributed by atoms with E-state index in [4.69, 9.17) is 10.5 Å². The van der Waals surface area contributed by atoms with Gasteiger partial charge in [0.1, 0.15) is 35.4 Å². The number of allylic oxidation sites excluding steroid dienone is 6. The van der Waals surface area contributed by atoms with Gasteiger partial charge in [-0.05, 0) is 12.1 Å². The Bertz CT molecular complexity index is 2440. The summed E-state index contributed by atoms with van der Waals surface area (Å²) in [6, 6.07) is 3.29. The summed E-state index contributed by atoms with van der Waals surface area (Å²) in [7, 11) is 0. The lowest BCUT2D eigenvalue weighted by Crippen LogP contribution is -2.17. The minimum absolute atomic E-state index is 0.293. The molecule has 0 atom stereocenters. The molecule has 0 unspecified atom stereocenters. The van der Waals surface area contributed by atoms with Crippen molar-refractivity contribution in [1.82, 2.24) is 0 Å². The number of nitrogens with zero attached hydrogens (tertiary/aromatic N) is 5. The van der Waals surface area contributed by atoms with Crippen LogP contribution in [-0.2, 0) is 18.5 Å². The molecule has 0 aliphatic heterocycles. The molecular formula is C32H2F17N5. The minimum atomic E-state index is -6.22. The maximum Gasteiger partial charge on any atom is 0.422 e. The second kappa shape index (κ2) is 13.3. The van der Waals surface area contributed by atoms with E-state index in [0.717, 1.165) is 18.2 Å². The second-order valence-corrected chi connectivity index (χ2v) is 10.3. The third-order valence-corrected chi connectivity index (χ3v) is 7.32. The standard InChI is InChI=1S/C32H2F17N5/c33-22-12(7-54)23(34)25(36)19(24(22)35)10(5-52)17-16(9(4-51)15-13(30(41,42)43)1-8(3-50)2-14(15)31(44,45)46)18(17)11(6-53)20-26(37)28(39)21(32(47,48)49)29(40)27(20)38/h1-2H/b16-9+,17-10-,18-11?. The normalized spacial score (nSPS) is 15.7. The smallest absolute Gasteiger partial charge is 0.203 e. The van der Waals surface area contributed by atoms with Gasteiger partial charge in [0.2, 0.25) is 0 Å². The zero-order valence-electron chi connectivity index (χ0n) is 24.8. The van der Waals surface area contributed by atoms with E-state index < -0.39 is 143 Å². The van der Waals surface area contributed by atoms with Crippen LogP contribution in [0.5, 0.6) is 0 Å². The van der Waals surface area contributed by atoms with Crippen LogP contribution in [0.25, 0.3) is 16.7 Å². The molecule has 0 heterocycles. The molecule has 1 fully saturated rings. The van der Waals surface area contributed by atoms with Gasteiger partial charge in [-0.15, -0.1) is 0 Å². The van der Waals surface area contributed by atoms with E-state index in [1.165, 1.54) is 0 Å². The average Bonchev–Trinajstić information content (AvgIpc) is 3.79. The van der Waals surface area contributed by atoms with Crippen LogP contribution in [0.1, 0.15) is 44.5 Å². The first-order chi connectivity index (χ1) is 24.9. The molecule has 3 aromatic rings. The van der Waals surface area contributed by atoms with Gasteiger partial charge in [0.05, 0.1) is 50.6 Å². The first kappa shape index (κ1) is 39.9. The van der Waals surface area contributed by atoms with E-state index in [9.17, 15) is 72.9 Å². The van der Waals surface area contributed by atoms with Crippen molar-refractivity contribution in [2.75, 3.05) is 0 Å². The molecular weight excluding hydrogens is 777 g/mol. The molecule has 1 aliphatic rings. The van der Waals surface area contributed by atoms with Crippen molar-refractivity contribution in [1.29, 1.82) is 26.3 Å². The molecule has 0 amide bonds. The van der Waals surface area contributed by atoms with Crippen LogP contribution in [0.3, 0.4) is 0 Å². The van der Waals surface area contributed by atoms with Crippen molar-refractivity contribution < 1.29 is 74.6 Å². The molecule has 0 spiro atoms. The van der Waals surface area contributed by atoms with Crippen LogP contribution in [-0.4, -0.2) is 0 Å². The maximum atomic E-state index is 15.2. The lowest BCUT2D eigenvalue weighted by molar-refractivity contribution is -0.144. The fraction of sp³-hybridized carbons (Fsp3) is 0.0938. The predicted octanol–water partition coefficient (Wildman–Crippen LogP) is 9.84. The molecule has 54 heavy (non-hydrogen) atoms. The molecule has 1 aliphatic carbocycles. The lowest BCUT2D eigenvalue weighted by atomic mass is 9.90. The van der Waals surface area contributed by atoms with Crippen LogP contribution >= 0.6 is 0 Å². The average molecular weight is 779 g/mol. The number of benzene rings is 3. The summed E-state index contributed by atoms with van der Waals surface area (Å²) in [5.74, 6) is -23.5. The molecule has 5 nitrogen and oxygen atoms in total. The van der Waals surface area contributed by atoms with Crippen LogP contribution < -0.4 is 0 Å². The van der Waals surface area contributed by atoms with Gasteiger partial charge < -0.3 is 0 Å². The molecule has 3 aromatic carbocycles. The van der Waals surface area contributed by atoms with E-state index in [0.29, 0.717) is 12.1 Å². The third-order valence-electron chi connectivity index (χ3n) is 7.32. The Morgan fingerprint density at radius 3 is 0.981 bits per heavy atom. The van der Waals surface area contributed by atoms with Crippen molar-refractivity contribution in [2.45, 2.75) is 18.5 Å². The largest absolute Gasteiger partial charge is 0.422 e. The summed E-state index contributed by atoms with van der Waals surface area (Å²) in [5, 5.41) is 47.5. The highest BCUT2D eigenvalue weighted by atomic mass is 19.4. The Hall–Kier alpha value is -6.86. The van der Waals surface area contributed by atoms with E-state index in [1.54, 1.807) is 0 Å². The molecule has 0 saturated heterocycles. The highest BCUT2D eigenvalue weighted by Crippen LogP contribution is 2.58. The maximum absolute atomic E-state index is 15.2. The van der Waals surface area contributed by atoms with Gasteiger partial charge in [-0.2, -0.15) is 65.8 Å². The summed E-state index contributed by atoms with van der Waals surface area (Å²) in [4.78, 5) is 0. The fourth-order valence-corrected chi connectivity index (χ4v) is 5.12. The SMILES string of the molecule is N#CC(=C1C(=C(\C#N)c2c(C(F)(F)F)cc(C#N)cc2C(F)(F)F)/C1=C(\C#N)c1c(F)c(F)c(C#N)c(F)c1F)c1c(F)c(F)c(C(F)(F)F)c(F)c1F. The van der Waals surface area contributed by atoms with Gasteiger partial charge in [-0.3, -0.25) is 0 Å². The van der Waals surface area contributed by atoms with Crippen molar-refractivity contribution in [2.24, 2.45) is 0 Å². The van der Waals surface area contributed by atoms with Gasteiger partial charge in [-0.25, -0.2) is 35.1 Å². The topological polar surface area (TPSA) is 119 Å². The van der Waals surface area contributed by atoms with Crippen LogP contribution in [0, 0.1) is 103 Å². The quantitative estimate of drug-likeness (QED) is 0.149. The molecule has 0 radical (unpaired) electrons. The highest BCUT2D eigenvalue weighted by Gasteiger charge is 2.50. The van der Waals surface area contributed by atoms with Gasteiger partial charge >= 0.3 is 18.5 Å². The Kier molecular flexibility index (Phi) is 9.82. The fourth-order valence-electron chi connectivity index (χ4n) is 5.12. The third kappa shape index (κ3) is 6.20. The van der Waals surface area contributed by atoms with Crippen LogP contribution in [0.4, 0.5) is 74.6 Å². The molecule has 4 rings (SSSR count). The molecule has 274 valence electrons. The number of rotatable bonds is 3. The number of hydrogen-bond acceptors (Lipinski definition) is 5. The van der Waals surface area contributed by atoms with E-state index in [1.807, 2.05) is 0 Å². The van der Waals surface area contributed by atoms with E-state index >= 15 is 17.6 Å². The molecule has 1 saturated carbocycles. The predicted molar refractivity (Wildman–Crippen MR) is 141 cm³/mol. The monoisotopic (exact) mass is 779 g/mol. The summed E-state index contributed by atoms with van der Waals surface area (Å²) < 4.78 is 244. The number of nitriles is 5. The second-order valence-electron chi connectivity index (χ2n) is 10.3. The lowest BCUT2D eigenvalue weighted by Gasteiger charge is -2.19. The summed E-state index contributed by atoms with van der Waals surface area (Å²) in [6.45, 7) is 0.